The number of likely N-dealkylation sites (tertiary alicyclic amines) is 1. The topological polar surface area (TPSA) is 50.2 Å². The van der Waals surface area contributed by atoms with Crippen molar-refractivity contribution in [2.45, 2.75) is 38.9 Å². The zero-order valence-corrected chi connectivity index (χ0v) is 15.4. The van der Waals surface area contributed by atoms with Gasteiger partial charge in [0.1, 0.15) is 0 Å². The fourth-order valence-electron chi connectivity index (χ4n) is 3.36. The second kappa shape index (κ2) is 7.72. The number of piperidine rings is 1. The summed E-state index contributed by atoms with van der Waals surface area (Å²) in [5.41, 5.74) is 0.421. The number of amides is 1. The van der Waals surface area contributed by atoms with E-state index in [0.717, 1.165) is 44.6 Å². The highest BCUT2D eigenvalue weighted by Gasteiger charge is 2.31. The van der Waals surface area contributed by atoms with Crippen molar-refractivity contribution in [3.63, 3.8) is 0 Å². The normalized spacial score (nSPS) is 16.5. The molecule has 0 saturated carbocycles. The van der Waals surface area contributed by atoms with E-state index in [1.165, 1.54) is 23.0 Å². The number of rotatable bonds is 4. The van der Waals surface area contributed by atoms with Crippen LogP contribution < -0.4 is 5.32 Å². The van der Waals surface area contributed by atoms with Crippen LogP contribution in [-0.4, -0.2) is 46.3 Å². The van der Waals surface area contributed by atoms with Crippen LogP contribution in [0.4, 0.5) is 13.2 Å². The number of carbonyl (C=O) groups excluding carboxylic acids is 1. The van der Waals surface area contributed by atoms with Crippen LogP contribution >= 0.6 is 0 Å². The van der Waals surface area contributed by atoms with Crippen molar-refractivity contribution in [2.24, 2.45) is 0 Å². The molecule has 0 atom stereocenters. The zero-order chi connectivity index (χ0) is 19.6. The molecule has 8 heteroatoms. The minimum atomic E-state index is -4.43. The first-order valence-electron chi connectivity index (χ1n) is 9.05. The molecule has 1 aliphatic rings. The molecule has 1 fully saturated rings. The number of nitrogens with one attached hydrogen (secondary N) is 1. The minimum Gasteiger partial charge on any atom is -0.349 e. The second-order valence-corrected chi connectivity index (χ2v) is 6.79. The molecule has 0 bridgehead atoms. The quantitative estimate of drug-likeness (QED) is 0.884. The van der Waals surface area contributed by atoms with Crippen molar-refractivity contribution >= 4 is 5.91 Å². The van der Waals surface area contributed by atoms with Gasteiger partial charge < -0.3 is 10.2 Å². The molecule has 0 aliphatic carbocycles. The number of hydrogen-bond acceptors (Lipinski definition) is 3. The summed E-state index contributed by atoms with van der Waals surface area (Å²) in [6, 6.07) is 5.02. The second-order valence-electron chi connectivity index (χ2n) is 6.79. The number of benzene rings is 1. The van der Waals surface area contributed by atoms with Crippen LogP contribution in [0.3, 0.4) is 0 Å². The predicted octanol–water partition coefficient (Wildman–Crippen LogP) is 3.41. The van der Waals surface area contributed by atoms with Gasteiger partial charge in [0.15, 0.2) is 0 Å². The Hall–Kier alpha value is -2.35. The molecule has 0 radical (unpaired) electrons. The minimum absolute atomic E-state index is 0.108. The molecule has 2 heterocycles. The van der Waals surface area contributed by atoms with Crippen molar-refractivity contribution in [1.29, 1.82) is 0 Å². The third-order valence-corrected chi connectivity index (χ3v) is 5.04. The molecule has 1 aromatic carbocycles. The summed E-state index contributed by atoms with van der Waals surface area (Å²) >= 11 is 0. The van der Waals surface area contributed by atoms with E-state index >= 15 is 0 Å². The van der Waals surface area contributed by atoms with E-state index in [1.54, 1.807) is 6.92 Å². The first-order valence-corrected chi connectivity index (χ1v) is 9.05. The number of alkyl halides is 3. The lowest BCUT2D eigenvalue weighted by Crippen LogP contribution is -2.44. The van der Waals surface area contributed by atoms with Gasteiger partial charge in [-0.1, -0.05) is 13.0 Å². The highest BCUT2D eigenvalue weighted by atomic mass is 19.4. The van der Waals surface area contributed by atoms with Crippen molar-refractivity contribution in [3.8, 4) is 5.69 Å². The SMILES string of the molecule is CCN1CCC(NC(=O)c2cnn(-c3cccc(C(F)(F)F)c3)c2C)CC1. The molecule has 27 heavy (non-hydrogen) atoms. The fourth-order valence-corrected chi connectivity index (χ4v) is 3.36. The van der Waals surface area contributed by atoms with Gasteiger partial charge in [-0.2, -0.15) is 18.3 Å². The molecule has 5 nitrogen and oxygen atoms in total. The van der Waals surface area contributed by atoms with E-state index in [0.29, 0.717) is 11.3 Å². The largest absolute Gasteiger partial charge is 0.416 e. The first kappa shape index (κ1) is 19.4. The van der Waals surface area contributed by atoms with Crippen LogP contribution in [-0.2, 0) is 6.18 Å². The van der Waals surface area contributed by atoms with Crippen molar-refractivity contribution in [1.82, 2.24) is 20.0 Å². The molecule has 0 spiro atoms. The van der Waals surface area contributed by atoms with Crippen molar-refractivity contribution < 1.29 is 18.0 Å². The fraction of sp³-hybridized carbons (Fsp3) is 0.474. The summed E-state index contributed by atoms with van der Waals surface area (Å²) in [4.78, 5) is 14.9. The van der Waals surface area contributed by atoms with E-state index in [2.05, 4.69) is 22.2 Å². The number of nitrogens with zero attached hydrogens (tertiary/aromatic N) is 3. The van der Waals surface area contributed by atoms with E-state index in [4.69, 9.17) is 0 Å². The van der Waals surface area contributed by atoms with Gasteiger partial charge in [-0.3, -0.25) is 4.79 Å². The molecule has 1 aromatic heterocycles. The number of hydrogen-bond donors (Lipinski definition) is 1. The Morgan fingerprint density at radius 2 is 2.00 bits per heavy atom. The van der Waals surface area contributed by atoms with Crippen molar-refractivity contribution in [3.05, 3.63) is 47.3 Å². The summed E-state index contributed by atoms with van der Waals surface area (Å²) < 4.78 is 40.2. The van der Waals surface area contributed by atoms with E-state index in [9.17, 15) is 18.0 Å². The van der Waals surface area contributed by atoms with Gasteiger partial charge >= 0.3 is 6.18 Å². The van der Waals surface area contributed by atoms with E-state index in [-0.39, 0.29) is 17.6 Å². The Bertz CT molecular complexity index is 808. The molecule has 1 amide bonds. The van der Waals surface area contributed by atoms with Gasteiger partial charge in [-0.05, 0) is 44.5 Å². The molecule has 0 unspecified atom stereocenters. The van der Waals surface area contributed by atoms with Crippen LogP contribution in [0.2, 0.25) is 0 Å². The third-order valence-electron chi connectivity index (χ3n) is 5.04. The molecule has 1 aliphatic heterocycles. The number of aromatic nitrogens is 2. The van der Waals surface area contributed by atoms with Gasteiger partial charge in [0.2, 0.25) is 0 Å². The summed E-state index contributed by atoms with van der Waals surface area (Å²) in [6.07, 6.45) is -1.24. The Morgan fingerprint density at radius 3 is 2.63 bits per heavy atom. The van der Waals surface area contributed by atoms with Gasteiger partial charge in [-0.15, -0.1) is 0 Å². The molecular formula is C19H23F3N4O. The molecule has 3 rings (SSSR count). The average molecular weight is 380 g/mol. The summed E-state index contributed by atoms with van der Waals surface area (Å²) in [5, 5.41) is 7.15. The monoisotopic (exact) mass is 380 g/mol. The Kier molecular flexibility index (Phi) is 5.55. The maximum absolute atomic E-state index is 12.9. The van der Waals surface area contributed by atoms with Crippen LogP contribution in [0, 0.1) is 6.92 Å². The Balaban J connectivity index is 1.75. The number of carbonyl (C=O) groups is 1. The molecule has 2 aromatic rings. The third kappa shape index (κ3) is 4.32. The summed E-state index contributed by atoms with van der Waals surface area (Å²) in [5.74, 6) is -0.235. The Labute approximate surface area is 156 Å². The van der Waals surface area contributed by atoms with Gasteiger partial charge in [-0.25, -0.2) is 4.68 Å². The standard InChI is InChI=1S/C19H23F3N4O/c1-3-25-9-7-15(8-10-25)24-18(27)17-12-23-26(13(17)2)16-6-4-5-14(11-16)19(20,21)22/h4-6,11-12,15H,3,7-10H2,1-2H3,(H,24,27). The zero-order valence-electron chi connectivity index (χ0n) is 15.4. The summed E-state index contributed by atoms with van der Waals surface area (Å²) in [7, 11) is 0. The molecule has 146 valence electrons. The lowest BCUT2D eigenvalue weighted by Gasteiger charge is -2.31. The van der Waals surface area contributed by atoms with Crippen LogP contribution in [0.25, 0.3) is 5.69 Å². The average Bonchev–Trinajstić information content (AvgIpc) is 3.03. The first-order chi connectivity index (χ1) is 12.8. The van der Waals surface area contributed by atoms with Crippen LogP contribution in [0.15, 0.2) is 30.5 Å². The van der Waals surface area contributed by atoms with Crippen LogP contribution in [0.1, 0.15) is 41.4 Å². The Morgan fingerprint density at radius 1 is 1.30 bits per heavy atom. The van der Waals surface area contributed by atoms with Crippen LogP contribution in [0.5, 0.6) is 0 Å². The highest BCUT2D eigenvalue weighted by Crippen LogP contribution is 2.30. The lowest BCUT2D eigenvalue weighted by atomic mass is 10.0. The van der Waals surface area contributed by atoms with Gasteiger partial charge in [0.25, 0.3) is 5.91 Å². The maximum Gasteiger partial charge on any atom is 0.416 e. The predicted molar refractivity (Wildman–Crippen MR) is 95.9 cm³/mol. The smallest absolute Gasteiger partial charge is 0.349 e. The maximum atomic E-state index is 12.9. The highest BCUT2D eigenvalue weighted by molar-refractivity contribution is 5.95. The molecular weight excluding hydrogens is 357 g/mol. The lowest BCUT2D eigenvalue weighted by molar-refractivity contribution is -0.137. The van der Waals surface area contributed by atoms with Crippen molar-refractivity contribution in [2.75, 3.05) is 19.6 Å². The van der Waals surface area contributed by atoms with E-state index in [1.807, 2.05) is 0 Å². The van der Waals surface area contributed by atoms with Gasteiger partial charge in [0.05, 0.1) is 28.7 Å². The van der Waals surface area contributed by atoms with E-state index < -0.39 is 11.7 Å². The summed E-state index contributed by atoms with van der Waals surface area (Å²) in [6.45, 7) is 6.70. The molecule has 1 saturated heterocycles. The molecule has 1 N–H and O–H groups in total. The number of halogens is 3. The van der Waals surface area contributed by atoms with Gasteiger partial charge in [0, 0.05) is 19.1 Å².